The maximum Gasteiger partial charge on any atom is 0.251 e. The molecule has 5 nitrogen and oxygen atoms in total. The Morgan fingerprint density at radius 2 is 2.15 bits per heavy atom. The topological polar surface area (TPSA) is 84.2 Å². The molecule has 1 aliphatic rings. The summed E-state index contributed by atoms with van der Waals surface area (Å²) in [5.74, 6) is -0.121. The highest BCUT2D eigenvalue weighted by molar-refractivity contribution is 5.94. The molecule has 0 aromatic heterocycles. The van der Waals surface area contributed by atoms with Gasteiger partial charge in [-0.1, -0.05) is 12.1 Å². The molecule has 1 aliphatic carbocycles. The molecule has 1 aromatic rings. The van der Waals surface area contributed by atoms with Gasteiger partial charge in [-0.3, -0.25) is 9.59 Å². The van der Waals surface area contributed by atoms with Gasteiger partial charge in [-0.25, -0.2) is 0 Å². The van der Waals surface area contributed by atoms with Crippen LogP contribution in [-0.2, 0) is 11.3 Å². The summed E-state index contributed by atoms with van der Waals surface area (Å²) in [4.78, 5) is 23.4. The van der Waals surface area contributed by atoms with Gasteiger partial charge in [0.2, 0.25) is 5.91 Å². The van der Waals surface area contributed by atoms with E-state index in [-0.39, 0.29) is 17.9 Å². The van der Waals surface area contributed by atoms with Crippen LogP contribution < -0.4 is 16.4 Å². The largest absolute Gasteiger partial charge is 0.352 e. The SMILES string of the molecule is CC(N)CC(=O)NCc1cccc(C(=O)NC2CC2)c1. The summed E-state index contributed by atoms with van der Waals surface area (Å²) < 4.78 is 0. The van der Waals surface area contributed by atoms with Crippen molar-refractivity contribution in [1.82, 2.24) is 10.6 Å². The highest BCUT2D eigenvalue weighted by Crippen LogP contribution is 2.19. The van der Waals surface area contributed by atoms with Crippen molar-refractivity contribution in [3.63, 3.8) is 0 Å². The Morgan fingerprint density at radius 1 is 1.40 bits per heavy atom. The number of hydrogen-bond donors (Lipinski definition) is 3. The van der Waals surface area contributed by atoms with Crippen LogP contribution in [0.5, 0.6) is 0 Å². The zero-order valence-corrected chi connectivity index (χ0v) is 11.7. The van der Waals surface area contributed by atoms with Gasteiger partial charge in [-0.2, -0.15) is 0 Å². The number of benzene rings is 1. The number of hydrogen-bond acceptors (Lipinski definition) is 3. The summed E-state index contributed by atoms with van der Waals surface area (Å²) in [5.41, 5.74) is 7.11. The van der Waals surface area contributed by atoms with Crippen LogP contribution in [0.2, 0.25) is 0 Å². The molecular weight excluding hydrogens is 254 g/mol. The predicted molar refractivity (Wildman–Crippen MR) is 77.0 cm³/mol. The second-order valence-corrected chi connectivity index (χ2v) is 5.41. The van der Waals surface area contributed by atoms with E-state index < -0.39 is 0 Å². The average molecular weight is 275 g/mol. The Hall–Kier alpha value is -1.88. The van der Waals surface area contributed by atoms with E-state index in [1.54, 1.807) is 13.0 Å². The molecule has 0 radical (unpaired) electrons. The van der Waals surface area contributed by atoms with Crippen molar-refractivity contribution in [2.24, 2.45) is 5.73 Å². The number of carbonyl (C=O) groups is 2. The third-order valence-electron chi connectivity index (χ3n) is 3.10. The van der Waals surface area contributed by atoms with Gasteiger partial charge in [-0.15, -0.1) is 0 Å². The molecule has 0 bridgehead atoms. The molecule has 4 N–H and O–H groups in total. The molecule has 2 amide bonds. The highest BCUT2D eigenvalue weighted by atomic mass is 16.2. The number of carbonyl (C=O) groups excluding carboxylic acids is 2. The lowest BCUT2D eigenvalue weighted by Gasteiger charge is -2.09. The van der Waals surface area contributed by atoms with E-state index in [0.29, 0.717) is 24.6 Å². The Bertz CT molecular complexity index is 496. The number of rotatable bonds is 6. The normalized spacial score (nSPS) is 15.5. The number of nitrogens with one attached hydrogen (secondary N) is 2. The summed E-state index contributed by atoms with van der Waals surface area (Å²) >= 11 is 0. The van der Waals surface area contributed by atoms with Crippen LogP contribution in [0.1, 0.15) is 42.1 Å². The van der Waals surface area contributed by atoms with Crippen molar-refractivity contribution in [3.8, 4) is 0 Å². The van der Waals surface area contributed by atoms with Crippen molar-refractivity contribution in [3.05, 3.63) is 35.4 Å². The van der Waals surface area contributed by atoms with E-state index in [9.17, 15) is 9.59 Å². The predicted octanol–water partition coefficient (Wildman–Crippen LogP) is 0.932. The summed E-state index contributed by atoms with van der Waals surface area (Å²) in [6.07, 6.45) is 2.44. The van der Waals surface area contributed by atoms with Crippen LogP contribution in [0.4, 0.5) is 0 Å². The van der Waals surface area contributed by atoms with Crippen molar-refractivity contribution < 1.29 is 9.59 Å². The lowest BCUT2D eigenvalue weighted by atomic mass is 10.1. The van der Waals surface area contributed by atoms with Gasteiger partial charge in [0.25, 0.3) is 5.91 Å². The summed E-state index contributed by atoms with van der Waals surface area (Å²) in [5, 5.41) is 5.74. The van der Waals surface area contributed by atoms with Crippen LogP contribution in [0.3, 0.4) is 0 Å². The molecule has 1 aromatic carbocycles. The lowest BCUT2D eigenvalue weighted by Crippen LogP contribution is -2.29. The first-order chi connectivity index (χ1) is 9.54. The molecule has 1 atom stereocenters. The van der Waals surface area contributed by atoms with Crippen LogP contribution in [0.15, 0.2) is 24.3 Å². The fourth-order valence-corrected chi connectivity index (χ4v) is 1.88. The molecular formula is C15H21N3O2. The molecule has 0 aliphatic heterocycles. The van der Waals surface area contributed by atoms with E-state index in [2.05, 4.69) is 10.6 Å². The fraction of sp³-hybridized carbons (Fsp3) is 0.467. The van der Waals surface area contributed by atoms with Crippen LogP contribution >= 0.6 is 0 Å². The average Bonchev–Trinajstić information content (AvgIpc) is 3.20. The highest BCUT2D eigenvalue weighted by Gasteiger charge is 2.23. The van der Waals surface area contributed by atoms with E-state index in [4.69, 9.17) is 5.73 Å². The molecule has 1 unspecified atom stereocenters. The Labute approximate surface area is 118 Å². The van der Waals surface area contributed by atoms with Gasteiger partial charge in [0.05, 0.1) is 0 Å². The maximum absolute atomic E-state index is 11.9. The van der Waals surface area contributed by atoms with E-state index in [0.717, 1.165) is 18.4 Å². The molecule has 0 heterocycles. The Balaban J connectivity index is 1.88. The monoisotopic (exact) mass is 275 g/mol. The first-order valence-electron chi connectivity index (χ1n) is 6.96. The number of amides is 2. The summed E-state index contributed by atoms with van der Waals surface area (Å²) in [6, 6.07) is 7.51. The van der Waals surface area contributed by atoms with Gasteiger partial charge >= 0.3 is 0 Å². The molecule has 108 valence electrons. The van der Waals surface area contributed by atoms with Gasteiger partial charge < -0.3 is 16.4 Å². The van der Waals surface area contributed by atoms with Gasteiger partial charge in [0.1, 0.15) is 0 Å². The van der Waals surface area contributed by atoms with Gasteiger partial charge in [0, 0.05) is 30.6 Å². The quantitative estimate of drug-likeness (QED) is 0.722. The van der Waals surface area contributed by atoms with E-state index >= 15 is 0 Å². The Kier molecular flexibility index (Phi) is 4.74. The molecule has 0 spiro atoms. The Morgan fingerprint density at radius 3 is 2.80 bits per heavy atom. The minimum atomic E-state index is -0.148. The smallest absolute Gasteiger partial charge is 0.251 e. The maximum atomic E-state index is 11.9. The third kappa shape index (κ3) is 4.66. The lowest BCUT2D eigenvalue weighted by molar-refractivity contribution is -0.121. The van der Waals surface area contributed by atoms with Crippen molar-refractivity contribution in [2.75, 3.05) is 0 Å². The van der Waals surface area contributed by atoms with E-state index in [1.165, 1.54) is 0 Å². The number of nitrogens with two attached hydrogens (primary N) is 1. The molecule has 0 saturated heterocycles. The zero-order chi connectivity index (χ0) is 14.5. The molecule has 1 saturated carbocycles. The van der Waals surface area contributed by atoms with Gasteiger partial charge in [0.15, 0.2) is 0 Å². The molecule has 5 heteroatoms. The van der Waals surface area contributed by atoms with Crippen LogP contribution in [-0.4, -0.2) is 23.9 Å². The third-order valence-corrected chi connectivity index (χ3v) is 3.10. The van der Waals surface area contributed by atoms with Crippen molar-refractivity contribution in [2.45, 2.75) is 44.8 Å². The van der Waals surface area contributed by atoms with E-state index in [1.807, 2.05) is 18.2 Å². The summed E-state index contributed by atoms with van der Waals surface area (Å²) in [6.45, 7) is 2.21. The standard InChI is InChI=1S/C15H21N3O2/c1-10(16)7-14(19)17-9-11-3-2-4-12(8-11)15(20)18-13-5-6-13/h2-4,8,10,13H,5-7,9,16H2,1H3,(H,17,19)(H,18,20). The second-order valence-electron chi connectivity index (χ2n) is 5.41. The minimum Gasteiger partial charge on any atom is -0.352 e. The first-order valence-corrected chi connectivity index (χ1v) is 6.96. The summed E-state index contributed by atoms with van der Waals surface area (Å²) in [7, 11) is 0. The van der Waals surface area contributed by atoms with Crippen molar-refractivity contribution >= 4 is 11.8 Å². The minimum absolute atomic E-state index is 0.0451. The molecule has 2 rings (SSSR count). The second kappa shape index (κ2) is 6.52. The molecule has 1 fully saturated rings. The molecule has 20 heavy (non-hydrogen) atoms. The fourth-order valence-electron chi connectivity index (χ4n) is 1.88. The van der Waals surface area contributed by atoms with Crippen LogP contribution in [0, 0.1) is 0 Å². The van der Waals surface area contributed by atoms with Crippen LogP contribution in [0.25, 0.3) is 0 Å². The zero-order valence-electron chi connectivity index (χ0n) is 11.7. The first kappa shape index (κ1) is 14.5. The van der Waals surface area contributed by atoms with Crippen molar-refractivity contribution in [1.29, 1.82) is 0 Å². The van der Waals surface area contributed by atoms with Gasteiger partial charge in [-0.05, 0) is 37.5 Å².